The van der Waals surface area contributed by atoms with Gasteiger partial charge in [-0.05, 0) is 50.0 Å². The van der Waals surface area contributed by atoms with Gasteiger partial charge in [-0.1, -0.05) is 42.5 Å². The van der Waals surface area contributed by atoms with Gasteiger partial charge in [0.1, 0.15) is 5.75 Å². The molecule has 0 aliphatic carbocycles. The van der Waals surface area contributed by atoms with E-state index >= 15 is 0 Å². The molecule has 1 heterocycles. The Morgan fingerprint density at radius 3 is 2.34 bits per heavy atom. The quantitative estimate of drug-likeness (QED) is 0.517. The summed E-state index contributed by atoms with van der Waals surface area (Å²) in [5, 5.41) is 0. The highest BCUT2D eigenvalue weighted by Gasteiger charge is 2.29. The van der Waals surface area contributed by atoms with Gasteiger partial charge in [-0.25, -0.2) is 4.79 Å². The molecule has 0 N–H and O–H groups in total. The second-order valence-electron chi connectivity index (χ2n) is 6.95. The van der Waals surface area contributed by atoms with Crippen molar-refractivity contribution in [1.82, 2.24) is 4.90 Å². The number of nitrogens with zero attached hydrogens (tertiary/aromatic N) is 1. The molecule has 0 saturated carbocycles. The van der Waals surface area contributed by atoms with Crippen molar-refractivity contribution >= 4 is 18.0 Å². The maximum Gasteiger partial charge on any atom is 0.331 e. The summed E-state index contributed by atoms with van der Waals surface area (Å²) in [4.78, 5) is 27.3. The zero-order valence-corrected chi connectivity index (χ0v) is 16.8. The SMILES string of the molecule is CCOc1ccc(/C=C/C(=O)O[C@@H](C(=O)N2CCCCC2)c2ccccc2)cc1. The second kappa shape index (κ2) is 10.5. The number of piperidine rings is 1. The fourth-order valence-electron chi connectivity index (χ4n) is 3.33. The Morgan fingerprint density at radius 2 is 1.69 bits per heavy atom. The van der Waals surface area contributed by atoms with Crippen LogP contribution in [0.25, 0.3) is 6.08 Å². The third-order valence-electron chi connectivity index (χ3n) is 4.83. The summed E-state index contributed by atoms with van der Waals surface area (Å²) >= 11 is 0. The van der Waals surface area contributed by atoms with Gasteiger partial charge in [0, 0.05) is 24.7 Å². The molecule has 1 saturated heterocycles. The van der Waals surface area contributed by atoms with Crippen molar-refractivity contribution in [2.24, 2.45) is 0 Å². The molecule has 0 unspecified atom stereocenters. The zero-order chi connectivity index (χ0) is 20.5. The highest BCUT2D eigenvalue weighted by Crippen LogP contribution is 2.23. The molecule has 152 valence electrons. The van der Waals surface area contributed by atoms with Crippen molar-refractivity contribution < 1.29 is 19.1 Å². The van der Waals surface area contributed by atoms with Gasteiger partial charge < -0.3 is 14.4 Å². The molecule has 0 radical (unpaired) electrons. The molecule has 1 atom stereocenters. The Kier molecular flexibility index (Phi) is 7.45. The van der Waals surface area contributed by atoms with E-state index in [2.05, 4.69) is 0 Å². The molecule has 3 rings (SSSR count). The van der Waals surface area contributed by atoms with Gasteiger partial charge in [0.05, 0.1) is 6.61 Å². The Hall–Kier alpha value is -3.08. The van der Waals surface area contributed by atoms with Gasteiger partial charge in [0.15, 0.2) is 0 Å². The van der Waals surface area contributed by atoms with Crippen LogP contribution in [0.4, 0.5) is 0 Å². The molecule has 0 spiro atoms. The molecular weight excluding hydrogens is 366 g/mol. The number of carbonyl (C=O) groups excluding carboxylic acids is 2. The van der Waals surface area contributed by atoms with Crippen LogP contribution < -0.4 is 4.74 Å². The summed E-state index contributed by atoms with van der Waals surface area (Å²) in [6, 6.07) is 16.6. The van der Waals surface area contributed by atoms with Crippen molar-refractivity contribution in [3.8, 4) is 5.75 Å². The van der Waals surface area contributed by atoms with Crippen LogP contribution in [0.15, 0.2) is 60.7 Å². The first-order chi connectivity index (χ1) is 14.2. The number of benzene rings is 2. The van der Waals surface area contributed by atoms with E-state index in [1.54, 1.807) is 11.0 Å². The summed E-state index contributed by atoms with van der Waals surface area (Å²) in [5.74, 6) is 0.0836. The Morgan fingerprint density at radius 1 is 1.00 bits per heavy atom. The number of likely N-dealkylation sites (tertiary alicyclic amines) is 1. The number of carbonyl (C=O) groups is 2. The molecule has 2 aromatic carbocycles. The highest BCUT2D eigenvalue weighted by atomic mass is 16.5. The van der Waals surface area contributed by atoms with Gasteiger partial charge in [0.2, 0.25) is 6.10 Å². The lowest BCUT2D eigenvalue weighted by atomic mass is 10.1. The van der Waals surface area contributed by atoms with Gasteiger partial charge in [-0.15, -0.1) is 0 Å². The first kappa shape index (κ1) is 20.6. The molecule has 29 heavy (non-hydrogen) atoms. The van der Waals surface area contributed by atoms with Crippen LogP contribution in [0.3, 0.4) is 0 Å². The number of rotatable bonds is 7. The summed E-state index contributed by atoms with van der Waals surface area (Å²) in [6.45, 7) is 3.95. The lowest BCUT2D eigenvalue weighted by Gasteiger charge is -2.30. The zero-order valence-electron chi connectivity index (χ0n) is 16.8. The number of esters is 1. The van der Waals surface area contributed by atoms with Crippen LogP contribution in [0.1, 0.15) is 43.4 Å². The predicted octanol–water partition coefficient (Wildman–Crippen LogP) is 4.40. The molecular formula is C24H27NO4. The normalized spacial score (nSPS) is 15.1. The predicted molar refractivity (Wildman–Crippen MR) is 112 cm³/mol. The lowest BCUT2D eigenvalue weighted by Crippen LogP contribution is -2.40. The summed E-state index contributed by atoms with van der Waals surface area (Å²) in [5.41, 5.74) is 1.54. The van der Waals surface area contributed by atoms with Crippen molar-refractivity contribution in [2.45, 2.75) is 32.3 Å². The minimum Gasteiger partial charge on any atom is -0.494 e. The standard InChI is InChI=1S/C24H27NO4/c1-2-28-21-14-11-19(12-15-21)13-16-22(26)29-23(20-9-5-3-6-10-20)24(27)25-17-7-4-8-18-25/h3,5-6,9-16,23H,2,4,7-8,17-18H2,1H3/b16-13+/t23-/m1/s1. The molecule has 2 aromatic rings. The van der Waals surface area contributed by atoms with Crippen molar-refractivity contribution in [2.75, 3.05) is 19.7 Å². The fourth-order valence-corrected chi connectivity index (χ4v) is 3.33. The highest BCUT2D eigenvalue weighted by molar-refractivity contribution is 5.91. The number of amides is 1. The maximum atomic E-state index is 13.0. The molecule has 0 bridgehead atoms. The van der Waals surface area contributed by atoms with E-state index in [-0.39, 0.29) is 5.91 Å². The second-order valence-corrected chi connectivity index (χ2v) is 6.95. The third kappa shape index (κ3) is 5.95. The Balaban J connectivity index is 1.69. The molecule has 1 aliphatic rings. The van der Waals surface area contributed by atoms with Crippen LogP contribution in [0, 0.1) is 0 Å². The molecule has 5 heteroatoms. The van der Waals surface area contributed by atoms with E-state index in [4.69, 9.17) is 9.47 Å². The van der Waals surface area contributed by atoms with Crippen molar-refractivity contribution in [3.63, 3.8) is 0 Å². The third-order valence-corrected chi connectivity index (χ3v) is 4.83. The maximum absolute atomic E-state index is 13.0. The minimum atomic E-state index is -0.924. The minimum absolute atomic E-state index is 0.154. The van der Waals surface area contributed by atoms with E-state index < -0.39 is 12.1 Å². The molecule has 1 fully saturated rings. The van der Waals surface area contributed by atoms with E-state index in [0.29, 0.717) is 25.3 Å². The van der Waals surface area contributed by atoms with Gasteiger partial charge in [-0.2, -0.15) is 0 Å². The van der Waals surface area contributed by atoms with Crippen molar-refractivity contribution in [1.29, 1.82) is 0 Å². The van der Waals surface area contributed by atoms with Crippen LogP contribution in [-0.2, 0) is 14.3 Å². The molecule has 1 amide bonds. The average molecular weight is 393 g/mol. The van der Waals surface area contributed by atoms with E-state index in [1.165, 1.54) is 6.08 Å². The molecule has 1 aliphatic heterocycles. The van der Waals surface area contributed by atoms with Crippen LogP contribution in [0.2, 0.25) is 0 Å². The van der Waals surface area contributed by atoms with Crippen LogP contribution in [0.5, 0.6) is 5.75 Å². The lowest BCUT2D eigenvalue weighted by molar-refractivity contribution is -0.157. The van der Waals surface area contributed by atoms with Gasteiger partial charge in [-0.3, -0.25) is 4.79 Å². The topological polar surface area (TPSA) is 55.8 Å². The molecule has 5 nitrogen and oxygen atoms in total. The average Bonchev–Trinajstić information content (AvgIpc) is 2.78. The summed E-state index contributed by atoms with van der Waals surface area (Å²) in [6.07, 6.45) is 5.20. The first-order valence-electron chi connectivity index (χ1n) is 10.1. The number of hydrogen-bond donors (Lipinski definition) is 0. The number of hydrogen-bond acceptors (Lipinski definition) is 4. The monoisotopic (exact) mass is 393 g/mol. The van der Waals surface area contributed by atoms with E-state index in [0.717, 1.165) is 30.6 Å². The smallest absolute Gasteiger partial charge is 0.331 e. The van der Waals surface area contributed by atoms with Crippen LogP contribution in [-0.4, -0.2) is 36.5 Å². The summed E-state index contributed by atoms with van der Waals surface area (Å²) in [7, 11) is 0. The van der Waals surface area contributed by atoms with Gasteiger partial charge >= 0.3 is 5.97 Å². The molecule has 0 aromatic heterocycles. The largest absolute Gasteiger partial charge is 0.494 e. The van der Waals surface area contributed by atoms with E-state index in [9.17, 15) is 9.59 Å². The Labute approximate surface area is 171 Å². The number of ether oxygens (including phenoxy) is 2. The van der Waals surface area contributed by atoms with Crippen LogP contribution >= 0.6 is 0 Å². The van der Waals surface area contributed by atoms with Gasteiger partial charge in [0.25, 0.3) is 5.91 Å². The fraction of sp³-hybridized carbons (Fsp3) is 0.333. The first-order valence-corrected chi connectivity index (χ1v) is 10.1. The Bertz CT molecular complexity index is 824. The summed E-state index contributed by atoms with van der Waals surface area (Å²) < 4.78 is 11.0. The van der Waals surface area contributed by atoms with E-state index in [1.807, 2.05) is 61.5 Å². The van der Waals surface area contributed by atoms with Crippen molar-refractivity contribution in [3.05, 3.63) is 71.8 Å².